The van der Waals surface area contributed by atoms with Gasteiger partial charge < -0.3 is 10.0 Å². The number of rotatable bonds is 4. The molecule has 1 fully saturated rings. The van der Waals surface area contributed by atoms with Crippen molar-refractivity contribution in [2.24, 2.45) is 5.92 Å². The Labute approximate surface area is 147 Å². The Kier molecular flexibility index (Phi) is 5.12. The molecule has 5 heteroatoms. The molecule has 1 amide bonds. The smallest absolute Gasteiger partial charge is 0.335 e. The number of aromatic carboxylic acids is 1. The third-order valence-electron chi connectivity index (χ3n) is 4.74. The molecule has 1 unspecified atom stereocenters. The van der Waals surface area contributed by atoms with Gasteiger partial charge in [0.2, 0.25) is 5.91 Å². The molecule has 1 aromatic heterocycles. The summed E-state index contributed by atoms with van der Waals surface area (Å²) in [5.74, 6) is -0.287. The molecule has 2 aromatic rings. The van der Waals surface area contributed by atoms with E-state index in [4.69, 9.17) is 5.11 Å². The molecule has 0 saturated carbocycles. The standard InChI is InChI=1S/C20H22N2O3/c1-14(23)22-10-2-3-16(13-22)11-15-4-9-19(21-12-15)17-5-7-18(8-6-17)20(24)25/h4-9,12,16H,2-3,10-11,13H2,1H3,(H,24,25). The highest BCUT2D eigenvalue weighted by atomic mass is 16.4. The lowest BCUT2D eigenvalue weighted by Crippen LogP contribution is -2.39. The molecule has 1 N–H and O–H groups in total. The van der Waals surface area contributed by atoms with E-state index in [1.807, 2.05) is 17.2 Å². The van der Waals surface area contributed by atoms with E-state index in [-0.39, 0.29) is 11.5 Å². The highest BCUT2D eigenvalue weighted by Crippen LogP contribution is 2.22. The van der Waals surface area contributed by atoms with Gasteiger partial charge in [0.15, 0.2) is 0 Å². The summed E-state index contributed by atoms with van der Waals surface area (Å²) in [6.45, 7) is 3.33. The van der Waals surface area contributed by atoms with Crippen molar-refractivity contribution < 1.29 is 14.7 Å². The number of hydrogen-bond acceptors (Lipinski definition) is 3. The highest BCUT2D eigenvalue weighted by molar-refractivity contribution is 5.88. The van der Waals surface area contributed by atoms with Crippen molar-refractivity contribution in [1.29, 1.82) is 0 Å². The summed E-state index contributed by atoms with van der Waals surface area (Å²) in [5.41, 5.74) is 3.17. The summed E-state index contributed by atoms with van der Waals surface area (Å²) in [6, 6.07) is 10.8. The van der Waals surface area contributed by atoms with Crippen molar-refractivity contribution in [3.05, 3.63) is 53.7 Å². The maximum Gasteiger partial charge on any atom is 0.335 e. The average molecular weight is 338 g/mol. The number of carboxylic acids is 1. The van der Waals surface area contributed by atoms with Crippen molar-refractivity contribution in [3.63, 3.8) is 0 Å². The summed E-state index contributed by atoms with van der Waals surface area (Å²) in [6.07, 6.45) is 5.01. The first-order chi connectivity index (χ1) is 12.0. The fraction of sp³-hybridized carbons (Fsp3) is 0.350. The van der Waals surface area contributed by atoms with E-state index in [0.29, 0.717) is 5.92 Å². The van der Waals surface area contributed by atoms with Crippen LogP contribution in [0.25, 0.3) is 11.3 Å². The number of benzene rings is 1. The van der Waals surface area contributed by atoms with Crippen LogP contribution in [0.2, 0.25) is 0 Å². The SMILES string of the molecule is CC(=O)N1CCCC(Cc2ccc(-c3ccc(C(=O)O)cc3)nc2)C1. The van der Waals surface area contributed by atoms with Crippen LogP contribution in [0.4, 0.5) is 0 Å². The molecule has 0 aliphatic carbocycles. The number of carbonyl (C=O) groups is 2. The minimum Gasteiger partial charge on any atom is -0.478 e. The second-order valence-electron chi connectivity index (χ2n) is 6.61. The Morgan fingerprint density at radius 2 is 1.96 bits per heavy atom. The number of carboxylic acid groups (broad SMARTS) is 1. The Morgan fingerprint density at radius 3 is 2.56 bits per heavy atom. The lowest BCUT2D eigenvalue weighted by molar-refractivity contribution is -0.130. The van der Waals surface area contributed by atoms with Crippen LogP contribution in [0.15, 0.2) is 42.6 Å². The molecular formula is C20H22N2O3. The number of piperidine rings is 1. The van der Waals surface area contributed by atoms with Crippen molar-refractivity contribution in [1.82, 2.24) is 9.88 Å². The molecule has 5 nitrogen and oxygen atoms in total. The first-order valence-corrected chi connectivity index (χ1v) is 8.57. The molecule has 0 spiro atoms. The van der Waals surface area contributed by atoms with Crippen LogP contribution in [-0.2, 0) is 11.2 Å². The Bertz CT molecular complexity index is 754. The number of nitrogens with zero attached hydrogens (tertiary/aromatic N) is 2. The zero-order chi connectivity index (χ0) is 17.8. The van der Waals surface area contributed by atoms with E-state index in [2.05, 4.69) is 11.1 Å². The van der Waals surface area contributed by atoms with E-state index in [1.165, 1.54) is 5.56 Å². The third-order valence-corrected chi connectivity index (χ3v) is 4.74. The normalized spacial score (nSPS) is 17.3. The number of carbonyl (C=O) groups excluding carboxylic acids is 1. The Morgan fingerprint density at radius 1 is 1.20 bits per heavy atom. The molecule has 25 heavy (non-hydrogen) atoms. The molecule has 1 aliphatic rings. The van der Waals surface area contributed by atoms with E-state index in [1.54, 1.807) is 31.2 Å². The van der Waals surface area contributed by atoms with Crippen LogP contribution in [0.5, 0.6) is 0 Å². The van der Waals surface area contributed by atoms with Gasteiger partial charge in [-0.25, -0.2) is 4.79 Å². The van der Waals surface area contributed by atoms with Gasteiger partial charge in [0.1, 0.15) is 0 Å². The van der Waals surface area contributed by atoms with Gasteiger partial charge in [0.05, 0.1) is 11.3 Å². The molecule has 1 aromatic carbocycles. The molecule has 0 radical (unpaired) electrons. The average Bonchev–Trinajstić information content (AvgIpc) is 2.63. The maximum atomic E-state index is 11.5. The van der Waals surface area contributed by atoms with Crippen LogP contribution in [0, 0.1) is 5.92 Å². The van der Waals surface area contributed by atoms with Crippen LogP contribution in [0.1, 0.15) is 35.7 Å². The van der Waals surface area contributed by atoms with Crippen molar-refractivity contribution in [2.45, 2.75) is 26.2 Å². The van der Waals surface area contributed by atoms with Gasteiger partial charge in [0.25, 0.3) is 0 Å². The van der Waals surface area contributed by atoms with Crippen LogP contribution < -0.4 is 0 Å². The summed E-state index contributed by atoms with van der Waals surface area (Å²) < 4.78 is 0. The quantitative estimate of drug-likeness (QED) is 0.929. The second kappa shape index (κ2) is 7.47. The summed E-state index contributed by atoms with van der Waals surface area (Å²) in [7, 11) is 0. The number of likely N-dealkylation sites (tertiary alicyclic amines) is 1. The van der Waals surface area contributed by atoms with Gasteiger partial charge in [-0.05, 0) is 48.9 Å². The molecule has 1 aliphatic heterocycles. The van der Waals surface area contributed by atoms with E-state index in [9.17, 15) is 9.59 Å². The summed E-state index contributed by atoms with van der Waals surface area (Å²) >= 11 is 0. The summed E-state index contributed by atoms with van der Waals surface area (Å²) in [4.78, 5) is 28.9. The van der Waals surface area contributed by atoms with E-state index < -0.39 is 5.97 Å². The van der Waals surface area contributed by atoms with Gasteiger partial charge in [-0.1, -0.05) is 18.2 Å². The van der Waals surface area contributed by atoms with Crippen LogP contribution in [0.3, 0.4) is 0 Å². The number of pyridine rings is 1. The number of hydrogen-bond donors (Lipinski definition) is 1. The van der Waals surface area contributed by atoms with E-state index >= 15 is 0 Å². The monoisotopic (exact) mass is 338 g/mol. The molecule has 1 atom stereocenters. The summed E-state index contributed by atoms with van der Waals surface area (Å²) in [5, 5.41) is 8.95. The topological polar surface area (TPSA) is 70.5 Å². The first kappa shape index (κ1) is 17.1. The maximum absolute atomic E-state index is 11.5. The highest BCUT2D eigenvalue weighted by Gasteiger charge is 2.21. The Balaban J connectivity index is 1.66. The molecule has 0 bridgehead atoms. The van der Waals surface area contributed by atoms with Gasteiger partial charge in [0, 0.05) is 31.8 Å². The number of amides is 1. The molecule has 2 heterocycles. The zero-order valence-electron chi connectivity index (χ0n) is 14.3. The lowest BCUT2D eigenvalue weighted by Gasteiger charge is -2.32. The number of aromatic nitrogens is 1. The van der Waals surface area contributed by atoms with Gasteiger partial charge in [-0.3, -0.25) is 9.78 Å². The van der Waals surface area contributed by atoms with Crippen molar-refractivity contribution >= 4 is 11.9 Å². The van der Waals surface area contributed by atoms with E-state index in [0.717, 1.165) is 43.6 Å². The van der Waals surface area contributed by atoms with Crippen LogP contribution >= 0.6 is 0 Å². The Hall–Kier alpha value is -2.69. The molecule has 3 rings (SSSR count). The molecular weight excluding hydrogens is 316 g/mol. The van der Waals surface area contributed by atoms with Gasteiger partial charge in [-0.2, -0.15) is 0 Å². The van der Waals surface area contributed by atoms with Gasteiger partial charge >= 0.3 is 5.97 Å². The first-order valence-electron chi connectivity index (χ1n) is 8.57. The van der Waals surface area contributed by atoms with Crippen molar-refractivity contribution in [2.75, 3.05) is 13.1 Å². The fourth-order valence-corrected chi connectivity index (χ4v) is 3.35. The fourth-order valence-electron chi connectivity index (χ4n) is 3.35. The predicted molar refractivity (Wildman–Crippen MR) is 95.3 cm³/mol. The molecule has 1 saturated heterocycles. The second-order valence-corrected chi connectivity index (χ2v) is 6.61. The third kappa shape index (κ3) is 4.24. The molecule has 130 valence electrons. The predicted octanol–water partition coefficient (Wildman–Crippen LogP) is 3.25. The largest absolute Gasteiger partial charge is 0.478 e. The van der Waals surface area contributed by atoms with Crippen molar-refractivity contribution in [3.8, 4) is 11.3 Å². The lowest BCUT2D eigenvalue weighted by atomic mass is 9.91. The zero-order valence-corrected chi connectivity index (χ0v) is 14.3. The minimum absolute atomic E-state index is 0.156. The van der Waals surface area contributed by atoms with Gasteiger partial charge in [-0.15, -0.1) is 0 Å². The minimum atomic E-state index is -0.929. The van der Waals surface area contributed by atoms with Crippen LogP contribution in [-0.4, -0.2) is 40.0 Å².